The molecule has 0 N–H and O–H groups in total. The molecule has 0 radical (unpaired) electrons. The monoisotopic (exact) mass is 191 g/mol. The van der Waals surface area contributed by atoms with Gasteiger partial charge in [0.25, 0.3) is 0 Å². The second-order valence-electron chi connectivity index (χ2n) is 2.76. The van der Waals surface area contributed by atoms with Crippen molar-refractivity contribution < 1.29 is 4.74 Å². The fraction of sp³-hybridized carbons (Fsp3) is 1.00. The van der Waals surface area contributed by atoms with Gasteiger partial charge in [-0.2, -0.15) is 0 Å². The van der Waals surface area contributed by atoms with Gasteiger partial charge < -0.3 is 9.64 Å². The molecule has 0 bridgehead atoms. The summed E-state index contributed by atoms with van der Waals surface area (Å²) in [6, 6.07) is 0. The first kappa shape index (κ1) is 12.3. The van der Waals surface area contributed by atoms with Crippen molar-refractivity contribution >= 4 is 12.6 Å². The SMILES string of the molecule is CCC(S)OCCN(CC)CC. The van der Waals surface area contributed by atoms with Gasteiger partial charge in [0.2, 0.25) is 0 Å². The highest BCUT2D eigenvalue weighted by Gasteiger charge is 2.01. The average Bonchev–Trinajstić information content (AvgIpc) is 2.12. The zero-order valence-corrected chi connectivity index (χ0v) is 9.31. The van der Waals surface area contributed by atoms with E-state index in [4.69, 9.17) is 4.74 Å². The Labute approximate surface area is 81.7 Å². The largest absolute Gasteiger partial charge is 0.367 e. The third kappa shape index (κ3) is 5.86. The second kappa shape index (κ2) is 7.90. The number of likely N-dealkylation sites (N-methyl/N-ethyl adjacent to an activating group) is 1. The molecule has 12 heavy (non-hydrogen) atoms. The summed E-state index contributed by atoms with van der Waals surface area (Å²) in [6.45, 7) is 10.4. The van der Waals surface area contributed by atoms with E-state index < -0.39 is 0 Å². The lowest BCUT2D eigenvalue weighted by molar-refractivity contribution is 0.0886. The van der Waals surface area contributed by atoms with Crippen LogP contribution in [0.4, 0.5) is 0 Å². The van der Waals surface area contributed by atoms with Crippen molar-refractivity contribution in [2.75, 3.05) is 26.2 Å². The maximum absolute atomic E-state index is 5.45. The fourth-order valence-electron chi connectivity index (χ4n) is 0.976. The Balaban J connectivity index is 3.28. The normalized spacial score (nSPS) is 13.8. The number of thiol groups is 1. The first-order valence-corrected chi connectivity index (χ1v) is 5.28. The van der Waals surface area contributed by atoms with E-state index in [-0.39, 0.29) is 5.44 Å². The van der Waals surface area contributed by atoms with Gasteiger partial charge in [-0.25, -0.2) is 0 Å². The average molecular weight is 191 g/mol. The van der Waals surface area contributed by atoms with E-state index in [2.05, 4.69) is 38.3 Å². The molecule has 0 rings (SSSR count). The number of rotatable bonds is 7. The van der Waals surface area contributed by atoms with Crippen molar-refractivity contribution in [1.29, 1.82) is 0 Å². The van der Waals surface area contributed by atoms with Crippen molar-refractivity contribution in [1.82, 2.24) is 4.90 Å². The molecule has 0 spiro atoms. The van der Waals surface area contributed by atoms with Gasteiger partial charge in [0, 0.05) is 6.54 Å². The summed E-state index contributed by atoms with van der Waals surface area (Å²) in [5, 5.41) is 0. The Morgan fingerprint density at radius 3 is 2.25 bits per heavy atom. The highest BCUT2D eigenvalue weighted by Crippen LogP contribution is 2.01. The van der Waals surface area contributed by atoms with E-state index in [0.29, 0.717) is 0 Å². The van der Waals surface area contributed by atoms with Crippen LogP contribution in [0.3, 0.4) is 0 Å². The summed E-state index contributed by atoms with van der Waals surface area (Å²) in [7, 11) is 0. The van der Waals surface area contributed by atoms with E-state index in [1.165, 1.54) is 0 Å². The molecular weight excluding hydrogens is 170 g/mol. The molecule has 1 unspecified atom stereocenters. The smallest absolute Gasteiger partial charge is 0.0997 e. The first-order valence-electron chi connectivity index (χ1n) is 4.76. The quantitative estimate of drug-likeness (QED) is 0.488. The lowest BCUT2D eigenvalue weighted by Gasteiger charge is -2.18. The Bertz CT molecular complexity index is 96.5. The van der Waals surface area contributed by atoms with Crippen molar-refractivity contribution in [3.63, 3.8) is 0 Å². The molecule has 0 aromatic carbocycles. The Morgan fingerprint density at radius 2 is 1.83 bits per heavy atom. The molecule has 0 aliphatic heterocycles. The van der Waals surface area contributed by atoms with Crippen LogP contribution in [0, 0.1) is 0 Å². The molecule has 2 nitrogen and oxygen atoms in total. The molecule has 0 aromatic rings. The Kier molecular flexibility index (Phi) is 8.07. The summed E-state index contributed by atoms with van der Waals surface area (Å²) in [5.41, 5.74) is 0.112. The molecule has 0 saturated heterocycles. The zero-order valence-electron chi connectivity index (χ0n) is 8.42. The van der Waals surface area contributed by atoms with E-state index >= 15 is 0 Å². The van der Waals surface area contributed by atoms with Gasteiger partial charge in [-0.3, -0.25) is 0 Å². The molecule has 0 aromatic heterocycles. The molecule has 0 aliphatic carbocycles. The Hall–Kier alpha value is 0.270. The fourth-order valence-corrected chi connectivity index (χ4v) is 1.08. The maximum Gasteiger partial charge on any atom is 0.0997 e. The van der Waals surface area contributed by atoms with Crippen molar-refractivity contribution in [2.45, 2.75) is 32.6 Å². The van der Waals surface area contributed by atoms with E-state index in [9.17, 15) is 0 Å². The van der Waals surface area contributed by atoms with Crippen molar-refractivity contribution in [2.24, 2.45) is 0 Å². The van der Waals surface area contributed by atoms with Gasteiger partial charge in [0.1, 0.15) is 0 Å². The van der Waals surface area contributed by atoms with Crippen LogP contribution in [0.2, 0.25) is 0 Å². The molecule has 0 saturated carbocycles. The predicted molar refractivity (Wildman–Crippen MR) is 56.8 cm³/mol. The molecule has 3 heteroatoms. The molecule has 0 heterocycles. The highest BCUT2D eigenvalue weighted by molar-refractivity contribution is 7.80. The molecule has 0 aliphatic rings. The topological polar surface area (TPSA) is 12.5 Å². The lowest BCUT2D eigenvalue weighted by Crippen LogP contribution is -2.27. The first-order chi connectivity index (χ1) is 5.74. The highest BCUT2D eigenvalue weighted by atomic mass is 32.1. The molecule has 1 atom stereocenters. The van der Waals surface area contributed by atoms with Gasteiger partial charge in [-0.15, -0.1) is 12.6 Å². The van der Waals surface area contributed by atoms with Gasteiger partial charge in [-0.1, -0.05) is 20.8 Å². The van der Waals surface area contributed by atoms with Crippen LogP contribution in [0.1, 0.15) is 27.2 Å². The summed E-state index contributed by atoms with van der Waals surface area (Å²) in [4.78, 5) is 2.34. The van der Waals surface area contributed by atoms with Crippen LogP contribution in [-0.2, 0) is 4.74 Å². The van der Waals surface area contributed by atoms with Crippen LogP contribution in [-0.4, -0.2) is 36.6 Å². The molecule has 0 amide bonds. The van der Waals surface area contributed by atoms with Crippen molar-refractivity contribution in [3.8, 4) is 0 Å². The van der Waals surface area contributed by atoms with Crippen LogP contribution in [0.5, 0.6) is 0 Å². The molecular formula is C9H21NOS. The van der Waals surface area contributed by atoms with Crippen molar-refractivity contribution in [3.05, 3.63) is 0 Å². The predicted octanol–water partition coefficient (Wildman–Crippen LogP) is 2.01. The van der Waals surface area contributed by atoms with Gasteiger partial charge >= 0.3 is 0 Å². The van der Waals surface area contributed by atoms with Gasteiger partial charge in [0.15, 0.2) is 0 Å². The van der Waals surface area contributed by atoms with E-state index in [0.717, 1.165) is 32.7 Å². The van der Waals surface area contributed by atoms with Crippen LogP contribution >= 0.6 is 12.6 Å². The van der Waals surface area contributed by atoms with Crippen LogP contribution in [0.25, 0.3) is 0 Å². The van der Waals surface area contributed by atoms with Gasteiger partial charge in [-0.05, 0) is 19.5 Å². The maximum atomic E-state index is 5.45. The minimum absolute atomic E-state index is 0.112. The summed E-state index contributed by atoms with van der Waals surface area (Å²) < 4.78 is 5.45. The number of hydrogen-bond donors (Lipinski definition) is 1. The molecule has 0 fully saturated rings. The van der Waals surface area contributed by atoms with Crippen LogP contribution in [0.15, 0.2) is 0 Å². The molecule has 74 valence electrons. The van der Waals surface area contributed by atoms with Crippen LogP contribution < -0.4 is 0 Å². The second-order valence-corrected chi connectivity index (χ2v) is 3.34. The van der Waals surface area contributed by atoms with E-state index in [1.807, 2.05) is 0 Å². The third-order valence-corrected chi connectivity index (χ3v) is 2.48. The lowest BCUT2D eigenvalue weighted by atomic mass is 10.5. The third-order valence-electron chi connectivity index (χ3n) is 1.96. The number of nitrogens with zero attached hydrogens (tertiary/aromatic N) is 1. The number of hydrogen-bond acceptors (Lipinski definition) is 3. The minimum atomic E-state index is 0.112. The van der Waals surface area contributed by atoms with E-state index in [1.54, 1.807) is 0 Å². The van der Waals surface area contributed by atoms with Gasteiger partial charge in [0.05, 0.1) is 12.0 Å². The summed E-state index contributed by atoms with van der Waals surface area (Å²) >= 11 is 4.25. The summed E-state index contributed by atoms with van der Waals surface area (Å²) in [6.07, 6.45) is 0.974. The summed E-state index contributed by atoms with van der Waals surface area (Å²) in [5.74, 6) is 0. The zero-order chi connectivity index (χ0) is 9.40. The number of ether oxygens (including phenoxy) is 1. The standard InChI is InChI=1S/C9H21NOS/c1-4-9(12)11-8-7-10(5-2)6-3/h9,12H,4-8H2,1-3H3. The minimum Gasteiger partial charge on any atom is -0.367 e. The Morgan fingerprint density at radius 1 is 1.25 bits per heavy atom.